The largest absolute Gasteiger partial charge is 0.455 e. The van der Waals surface area contributed by atoms with Gasteiger partial charge in [0.15, 0.2) is 0 Å². The number of aromatic nitrogens is 1. The van der Waals surface area contributed by atoms with Gasteiger partial charge >= 0.3 is 0 Å². The first-order valence-electron chi connectivity index (χ1n) is 6.37. The van der Waals surface area contributed by atoms with Crippen LogP contribution in [0, 0.1) is 3.57 Å². The van der Waals surface area contributed by atoms with Crippen LogP contribution >= 0.6 is 22.6 Å². The second-order valence-corrected chi connectivity index (χ2v) is 5.54. The van der Waals surface area contributed by atoms with Crippen molar-refractivity contribution in [1.82, 2.24) is 4.98 Å². The summed E-state index contributed by atoms with van der Waals surface area (Å²) in [6.07, 6.45) is 3.34. The maximum atomic E-state index is 5.74. The Morgan fingerprint density at radius 3 is 2.67 bits per heavy atom. The number of halogens is 1. The highest BCUT2D eigenvalue weighted by atomic mass is 127. The van der Waals surface area contributed by atoms with Crippen LogP contribution in [-0.4, -0.2) is 11.2 Å². The van der Waals surface area contributed by atoms with Gasteiger partial charge in [-0.2, -0.15) is 5.10 Å². The molecule has 0 radical (unpaired) electrons. The minimum absolute atomic E-state index is 0.687. The topological polar surface area (TPSA) is 50.4 Å². The summed E-state index contributed by atoms with van der Waals surface area (Å²) >= 11 is 2.28. The van der Waals surface area contributed by atoms with Gasteiger partial charge in [0, 0.05) is 15.3 Å². The standard InChI is InChI=1S/C16H12IN3O/c17-13-6-4-12(5-7-13)15-9-8-14(21-15)11-19-20-16-3-1-2-10-18-16/h1-11H,(H,18,20)/b19-11+. The summed E-state index contributed by atoms with van der Waals surface area (Å²) in [4.78, 5) is 4.11. The minimum Gasteiger partial charge on any atom is -0.455 e. The molecule has 0 fully saturated rings. The van der Waals surface area contributed by atoms with Crippen LogP contribution in [0.15, 0.2) is 70.3 Å². The number of nitrogens with zero attached hydrogens (tertiary/aromatic N) is 2. The van der Waals surface area contributed by atoms with E-state index in [4.69, 9.17) is 4.42 Å². The summed E-state index contributed by atoms with van der Waals surface area (Å²) in [5.74, 6) is 2.20. The molecule has 4 nitrogen and oxygen atoms in total. The third-order valence-corrected chi connectivity index (χ3v) is 3.51. The van der Waals surface area contributed by atoms with Crippen LogP contribution < -0.4 is 5.43 Å². The fraction of sp³-hybridized carbons (Fsp3) is 0. The van der Waals surface area contributed by atoms with Crippen molar-refractivity contribution >= 4 is 34.6 Å². The number of nitrogens with one attached hydrogen (secondary N) is 1. The highest BCUT2D eigenvalue weighted by Crippen LogP contribution is 2.22. The molecule has 3 rings (SSSR count). The van der Waals surface area contributed by atoms with Gasteiger partial charge in [-0.3, -0.25) is 5.43 Å². The molecule has 0 spiro atoms. The zero-order valence-electron chi connectivity index (χ0n) is 11.0. The Morgan fingerprint density at radius 2 is 1.90 bits per heavy atom. The molecule has 0 saturated heterocycles. The van der Waals surface area contributed by atoms with Gasteiger partial charge in [0.25, 0.3) is 0 Å². The molecule has 0 saturated carbocycles. The van der Waals surface area contributed by atoms with E-state index in [1.807, 2.05) is 42.5 Å². The second-order valence-electron chi connectivity index (χ2n) is 4.29. The Morgan fingerprint density at radius 1 is 1.05 bits per heavy atom. The lowest BCUT2D eigenvalue weighted by atomic mass is 10.2. The molecule has 0 aliphatic carbocycles. The Kier molecular flexibility index (Phi) is 4.30. The number of hydrogen-bond donors (Lipinski definition) is 1. The molecule has 0 aliphatic heterocycles. The van der Waals surface area contributed by atoms with E-state index in [1.54, 1.807) is 12.4 Å². The van der Waals surface area contributed by atoms with Gasteiger partial charge in [0.05, 0.1) is 6.21 Å². The van der Waals surface area contributed by atoms with E-state index in [9.17, 15) is 0 Å². The Hall–Kier alpha value is -2.15. The van der Waals surface area contributed by atoms with Crippen molar-refractivity contribution in [2.45, 2.75) is 0 Å². The van der Waals surface area contributed by atoms with Gasteiger partial charge in [-0.1, -0.05) is 18.2 Å². The van der Waals surface area contributed by atoms with Crippen molar-refractivity contribution < 1.29 is 4.42 Å². The fourth-order valence-corrected chi connectivity index (χ4v) is 2.14. The van der Waals surface area contributed by atoms with Crippen LogP contribution in [-0.2, 0) is 0 Å². The number of pyridine rings is 1. The van der Waals surface area contributed by atoms with Crippen LogP contribution in [0.25, 0.3) is 11.3 Å². The highest BCUT2D eigenvalue weighted by Gasteiger charge is 2.03. The van der Waals surface area contributed by atoms with Gasteiger partial charge in [-0.05, 0) is 59.0 Å². The normalized spacial score (nSPS) is 10.9. The molecule has 0 aliphatic rings. The lowest BCUT2D eigenvalue weighted by Crippen LogP contribution is -1.91. The predicted molar refractivity (Wildman–Crippen MR) is 92.3 cm³/mol. The first kappa shape index (κ1) is 13.8. The molecule has 104 valence electrons. The summed E-state index contributed by atoms with van der Waals surface area (Å²) in [5, 5.41) is 4.10. The summed E-state index contributed by atoms with van der Waals surface area (Å²) in [6, 6.07) is 17.6. The highest BCUT2D eigenvalue weighted by molar-refractivity contribution is 14.1. The lowest BCUT2D eigenvalue weighted by Gasteiger charge is -1.97. The maximum absolute atomic E-state index is 5.74. The Balaban J connectivity index is 1.69. The van der Waals surface area contributed by atoms with E-state index >= 15 is 0 Å². The Labute approximate surface area is 136 Å². The maximum Gasteiger partial charge on any atom is 0.147 e. The van der Waals surface area contributed by atoms with E-state index < -0.39 is 0 Å². The van der Waals surface area contributed by atoms with Gasteiger partial charge < -0.3 is 4.42 Å². The van der Waals surface area contributed by atoms with Crippen LogP contribution in [0.1, 0.15) is 5.76 Å². The summed E-state index contributed by atoms with van der Waals surface area (Å²) in [6.45, 7) is 0. The van der Waals surface area contributed by atoms with Gasteiger partial charge in [-0.25, -0.2) is 4.98 Å². The average Bonchev–Trinajstić information content (AvgIpc) is 2.98. The molecule has 2 heterocycles. The number of benzene rings is 1. The number of furan rings is 1. The zero-order chi connectivity index (χ0) is 14.5. The van der Waals surface area contributed by atoms with E-state index in [2.05, 4.69) is 50.2 Å². The molecule has 3 aromatic rings. The van der Waals surface area contributed by atoms with Crippen molar-refractivity contribution in [2.24, 2.45) is 5.10 Å². The molecule has 0 unspecified atom stereocenters. The zero-order valence-corrected chi connectivity index (χ0v) is 13.2. The number of rotatable bonds is 4. The van der Waals surface area contributed by atoms with E-state index in [0.717, 1.165) is 11.3 Å². The second kappa shape index (κ2) is 6.53. The lowest BCUT2D eigenvalue weighted by molar-refractivity contribution is 0.575. The smallest absolute Gasteiger partial charge is 0.147 e. The monoisotopic (exact) mass is 389 g/mol. The van der Waals surface area contributed by atoms with Crippen LogP contribution in [0.4, 0.5) is 5.82 Å². The molecule has 0 atom stereocenters. The number of anilines is 1. The Bertz CT molecular complexity index is 736. The molecule has 1 N–H and O–H groups in total. The summed E-state index contributed by atoms with van der Waals surface area (Å²) < 4.78 is 6.93. The first-order chi connectivity index (χ1) is 10.3. The number of hydrogen-bond acceptors (Lipinski definition) is 4. The van der Waals surface area contributed by atoms with E-state index in [-0.39, 0.29) is 0 Å². The van der Waals surface area contributed by atoms with E-state index in [0.29, 0.717) is 11.6 Å². The van der Waals surface area contributed by atoms with Crippen LogP contribution in [0.3, 0.4) is 0 Å². The van der Waals surface area contributed by atoms with Crippen LogP contribution in [0.2, 0.25) is 0 Å². The number of hydrazone groups is 1. The molecule has 0 bridgehead atoms. The molecule has 0 amide bonds. The SMILES string of the molecule is Ic1ccc(-c2ccc(/C=N/Nc3ccccn3)o2)cc1. The van der Waals surface area contributed by atoms with Gasteiger partial charge in [0.1, 0.15) is 17.3 Å². The van der Waals surface area contributed by atoms with Crippen molar-refractivity contribution in [3.05, 3.63) is 70.1 Å². The fourth-order valence-electron chi connectivity index (χ4n) is 1.78. The van der Waals surface area contributed by atoms with Gasteiger partial charge in [-0.15, -0.1) is 0 Å². The molecule has 5 heteroatoms. The van der Waals surface area contributed by atoms with Crippen molar-refractivity contribution in [3.8, 4) is 11.3 Å². The molecular formula is C16H12IN3O. The van der Waals surface area contributed by atoms with Crippen molar-refractivity contribution in [3.63, 3.8) is 0 Å². The van der Waals surface area contributed by atoms with Crippen LogP contribution in [0.5, 0.6) is 0 Å². The summed E-state index contributed by atoms with van der Waals surface area (Å²) in [5.41, 5.74) is 3.90. The molecular weight excluding hydrogens is 377 g/mol. The predicted octanol–water partition coefficient (Wildman–Crippen LogP) is 4.39. The molecule has 1 aromatic carbocycles. The first-order valence-corrected chi connectivity index (χ1v) is 7.45. The quantitative estimate of drug-likeness (QED) is 0.409. The van der Waals surface area contributed by atoms with E-state index in [1.165, 1.54) is 3.57 Å². The minimum atomic E-state index is 0.687. The molecule has 2 aromatic heterocycles. The molecule has 21 heavy (non-hydrogen) atoms. The third kappa shape index (κ3) is 3.69. The van der Waals surface area contributed by atoms with Gasteiger partial charge in [0.2, 0.25) is 0 Å². The average molecular weight is 389 g/mol. The third-order valence-electron chi connectivity index (χ3n) is 2.79. The van der Waals surface area contributed by atoms with Crippen molar-refractivity contribution in [2.75, 3.05) is 5.43 Å². The van der Waals surface area contributed by atoms with Crippen molar-refractivity contribution in [1.29, 1.82) is 0 Å². The summed E-state index contributed by atoms with van der Waals surface area (Å²) in [7, 11) is 0.